The van der Waals surface area contributed by atoms with Crippen molar-refractivity contribution in [3.05, 3.63) is 42.2 Å². The first-order valence-electron chi connectivity index (χ1n) is 9.34. The van der Waals surface area contributed by atoms with Gasteiger partial charge in [0.15, 0.2) is 16.7 Å². The van der Waals surface area contributed by atoms with E-state index >= 15 is 0 Å². The molecule has 1 aromatic carbocycles. The van der Waals surface area contributed by atoms with E-state index < -0.39 is 0 Å². The lowest BCUT2D eigenvalue weighted by Gasteiger charge is -2.10. The molecule has 0 spiro atoms. The van der Waals surface area contributed by atoms with Gasteiger partial charge in [-0.15, -0.1) is 35.3 Å². The van der Waals surface area contributed by atoms with Crippen LogP contribution < -0.4 is 10.6 Å². The lowest BCUT2D eigenvalue weighted by Crippen LogP contribution is -2.38. The Kier molecular flexibility index (Phi) is 9.72. The lowest BCUT2D eigenvalue weighted by atomic mass is 10.3. The minimum atomic E-state index is 0. The van der Waals surface area contributed by atoms with Crippen LogP contribution in [-0.2, 0) is 11.3 Å². The molecule has 0 saturated carbocycles. The molecule has 0 bridgehead atoms. The lowest BCUT2D eigenvalue weighted by molar-refractivity contribution is 0.145. The number of fused-ring (bicyclic) bond motifs is 1. The molecule has 2 heterocycles. The zero-order valence-corrected chi connectivity index (χ0v) is 19.4. The Labute approximate surface area is 186 Å². The molecule has 0 fully saturated rings. The second-order valence-corrected chi connectivity index (χ2v) is 6.96. The highest BCUT2D eigenvalue weighted by molar-refractivity contribution is 14.0. The molecular formula is C20H27IN4O2S. The molecule has 8 heteroatoms. The van der Waals surface area contributed by atoms with Crippen LogP contribution in [0.3, 0.4) is 0 Å². The summed E-state index contributed by atoms with van der Waals surface area (Å²) in [5.74, 6) is 2.39. The summed E-state index contributed by atoms with van der Waals surface area (Å²) in [6, 6.07) is 12.0. The van der Waals surface area contributed by atoms with Crippen molar-refractivity contribution in [2.24, 2.45) is 4.99 Å². The third kappa shape index (κ3) is 6.46. The van der Waals surface area contributed by atoms with Crippen molar-refractivity contribution < 1.29 is 9.15 Å². The minimum Gasteiger partial charge on any atom is -0.457 e. The van der Waals surface area contributed by atoms with Crippen molar-refractivity contribution in [3.8, 4) is 10.8 Å². The fourth-order valence-corrected chi connectivity index (χ4v) is 3.51. The summed E-state index contributed by atoms with van der Waals surface area (Å²) in [6.45, 7) is 7.68. The number of aliphatic imine (C=N–C) groups is 1. The van der Waals surface area contributed by atoms with Gasteiger partial charge in [-0.2, -0.15) is 0 Å². The summed E-state index contributed by atoms with van der Waals surface area (Å²) in [6.07, 6.45) is 0.945. The maximum Gasteiger partial charge on any atom is 0.191 e. The number of hydrogen-bond donors (Lipinski definition) is 2. The van der Waals surface area contributed by atoms with Crippen molar-refractivity contribution in [3.63, 3.8) is 0 Å². The fourth-order valence-electron chi connectivity index (χ4n) is 2.58. The Morgan fingerprint density at radius 1 is 1.18 bits per heavy atom. The maximum absolute atomic E-state index is 5.95. The Morgan fingerprint density at radius 3 is 2.82 bits per heavy atom. The number of furan rings is 1. The van der Waals surface area contributed by atoms with Crippen LogP contribution in [0.15, 0.2) is 45.8 Å². The van der Waals surface area contributed by atoms with E-state index in [-0.39, 0.29) is 24.0 Å². The van der Waals surface area contributed by atoms with E-state index in [4.69, 9.17) is 9.15 Å². The van der Waals surface area contributed by atoms with E-state index in [9.17, 15) is 0 Å². The smallest absolute Gasteiger partial charge is 0.191 e. The number of para-hydroxylation sites is 1. The number of halogens is 1. The molecule has 0 unspecified atom stereocenters. The summed E-state index contributed by atoms with van der Waals surface area (Å²) < 4.78 is 12.5. The van der Waals surface area contributed by atoms with Gasteiger partial charge in [-0.05, 0) is 44.5 Å². The SMILES string of the molecule is CCNC(=NCc1ccc(-c2nc3ccccc3s2)o1)NCCCOCC.I. The van der Waals surface area contributed by atoms with E-state index in [1.807, 2.05) is 37.3 Å². The normalized spacial score (nSPS) is 11.4. The number of nitrogens with one attached hydrogen (secondary N) is 2. The summed E-state index contributed by atoms with van der Waals surface area (Å²) in [7, 11) is 0. The van der Waals surface area contributed by atoms with E-state index in [1.165, 1.54) is 0 Å². The van der Waals surface area contributed by atoms with Crippen LogP contribution in [0.25, 0.3) is 21.0 Å². The minimum absolute atomic E-state index is 0. The van der Waals surface area contributed by atoms with Crippen LogP contribution in [0.1, 0.15) is 26.0 Å². The number of rotatable bonds is 9. The molecule has 152 valence electrons. The molecular weight excluding hydrogens is 487 g/mol. The molecule has 6 nitrogen and oxygen atoms in total. The number of ether oxygens (including phenoxy) is 1. The Bertz CT molecular complexity index is 845. The van der Waals surface area contributed by atoms with Gasteiger partial charge < -0.3 is 19.8 Å². The van der Waals surface area contributed by atoms with Crippen molar-refractivity contribution >= 4 is 51.5 Å². The van der Waals surface area contributed by atoms with Crippen LogP contribution >= 0.6 is 35.3 Å². The van der Waals surface area contributed by atoms with Crippen molar-refractivity contribution in [2.45, 2.75) is 26.8 Å². The standard InChI is InChI=1S/C20H26N4O2S.HI/c1-3-21-20(22-12-7-13-25-4-2)23-14-15-10-11-17(26-15)19-24-16-8-5-6-9-18(16)27-19;/h5-6,8-11H,3-4,7,12-14H2,1-2H3,(H2,21,22,23);1H. The van der Waals surface area contributed by atoms with Gasteiger partial charge in [0, 0.05) is 26.3 Å². The highest BCUT2D eigenvalue weighted by Crippen LogP contribution is 2.31. The topological polar surface area (TPSA) is 71.7 Å². The van der Waals surface area contributed by atoms with Crippen LogP contribution in [0, 0.1) is 0 Å². The highest BCUT2D eigenvalue weighted by atomic mass is 127. The van der Waals surface area contributed by atoms with Gasteiger partial charge in [-0.3, -0.25) is 0 Å². The predicted molar refractivity (Wildman–Crippen MR) is 127 cm³/mol. The molecule has 0 saturated heterocycles. The Hall–Kier alpha value is -1.65. The van der Waals surface area contributed by atoms with Crippen LogP contribution in [-0.4, -0.2) is 37.2 Å². The van der Waals surface area contributed by atoms with E-state index in [2.05, 4.69) is 33.6 Å². The molecule has 0 atom stereocenters. The summed E-state index contributed by atoms with van der Waals surface area (Å²) in [4.78, 5) is 9.23. The molecule has 0 aliphatic carbocycles. The first kappa shape index (κ1) is 22.6. The summed E-state index contributed by atoms with van der Waals surface area (Å²) >= 11 is 1.64. The van der Waals surface area contributed by atoms with E-state index in [1.54, 1.807) is 11.3 Å². The van der Waals surface area contributed by atoms with Gasteiger partial charge in [-0.1, -0.05) is 12.1 Å². The van der Waals surface area contributed by atoms with Gasteiger partial charge in [0.1, 0.15) is 12.3 Å². The second-order valence-electron chi connectivity index (χ2n) is 5.93. The summed E-state index contributed by atoms with van der Waals surface area (Å²) in [5, 5.41) is 7.45. The van der Waals surface area contributed by atoms with Crippen LogP contribution in [0.5, 0.6) is 0 Å². The molecule has 0 aliphatic heterocycles. The van der Waals surface area contributed by atoms with E-state index in [0.29, 0.717) is 6.54 Å². The number of hydrogen-bond acceptors (Lipinski definition) is 5. The maximum atomic E-state index is 5.95. The average molecular weight is 514 g/mol. The molecule has 2 N–H and O–H groups in total. The summed E-state index contributed by atoms with van der Waals surface area (Å²) in [5.41, 5.74) is 0.999. The Morgan fingerprint density at radius 2 is 2.04 bits per heavy atom. The Balaban J connectivity index is 0.00000280. The predicted octanol–water partition coefficient (Wildman–Crippen LogP) is 4.66. The largest absolute Gasteiger partial charge is 0.457 e. The molecule has 28 heavy (non-hydrogen) atoms. The molecule has 0 aliphatic rings. The van der Waals surface area contributed by atoms with Gasteiger partial charge >= 0.3 is 0 Å². The molecule has 3 rings (SSSR count). The first-order chi connectivity index (χ1) is 13.3. The number of thiazole rings is 1. The van der Waals surface area contributed by atoms with Gasteiger partial charge in [0.05, 0.1) is 10.2 Å². The third-order valence-corrected chi connectivity index (χ3v) is 4.92. The number of aromatic nitrogens is 1. The zero-order valence-electron chi connectivity index (χ0n) is 16.2. The van der Waals surface area contributed by atoms with Crippen LogP contribution in [0.4, 0.5) is 0 Å². The zero-order chi connectivity index (χ0) is 18.9. The van der Waals surface area contributed by atoms with Gasteiger partial charge in [-0.25, -0.2) is 9.98 Å². The fraction of sp³-hybridized carbons (Fsp3) is 0.400. The third-order valence-electron chi connectivity index (χ3n) is 3.87. The quantitative estimate of drug-likeness (QED) is 0.188. The van der Waals surface area contributed by atoms with E-state index in [0.717, 1.165) is 65.4 Å². The van der Waals surface area contributed by atoms with Gasteiger partial charge in [0.25, 0.3) is 0 Å². The van der Waals surface area contributed by atoms with Gasteiger partial charge in [0.2, 0.25) is 0 Å². The molecule has 0 amide bonds. The monoisotopic (exact) mass is 514 g/mol. The average Bonchev–Trinajstić information content (AvgIpc) is 3.32. The second kappa shape index (κ2) is 12.0. The highest BCUT2D eigenvalue weighted by Gasteiger charge is 2.10. The van der Waals surface area contributed by atoms with Crippen molar-refractivity contribution in [1.82, 2.24) is 15.6 Å². The van der Waals surface area contributed by atoms with Crippen molar-refractivity contribution in [1.29, 1.82) is 0 Å². The molecule has 3 aromatic rings. The van der Waals surface area contributed by atoms with Crippen molar-refractivity contribution in [2.75, 3.05) is 26.3 Å². The first-order valence-corrected chi connectivity index (χ1v) is 10.2. The van der Waals surface area contributed by atoms with Crippen LogP contribution in [0.2, 0.25) is 0 Å². The molecule has 0 radical (unpaired) electrons. The number of benzene rings is 1. The number of guanidine groups is 1. The number of nitrogens with zero attached hydrogens (tertiary/aromatic N) is 2. The molecule has 2 aromatic heterocycles.